The van der Waals surface area contributed by atoms with Crippen molar-refractivity contribution in [3.8, 4) is 0 Å². The Balaban J connectivity index is 2.04. The summed E-state index contributed by atoms with van der Waals surface area (Å²) in [6.45, 7) is 18.6. The normalized spacial score (nSPS) is 17.4. The first-order chi connectivity index (χ1) is 13.7. The minimum Gasteiger partial charge on any atom is -0.357 e. The van der Waals surface area contributed by atoms with Crippen LogP contribution in [0.5, 0.6) is 0 Å². The molecule has 1 fully saturated rings. The summed E-state index contributed by atoms with van der Waals surface area (Å²) in [4.78, 5) is 5.27. The molecule has 28 heavy (non-hydrogen) atoms. The average Bonchev–Trinajstić information content (AvgIpc) is 2.70. The smallest absolute Gasteiger partial charge is 0.134 e. The van der Waals surface area contributed by atoms with Gasteiger partial charge in [-0.2, -0.15) is 0 Å². The van der Waals surface area contributed by atoms with Crippen molar-refractivity contribution < 1.29 is 18.9 Å². The van der Waals surface area contributed by atoms with Gasteiger partial charge in [-0.05, 0) is 53.6 Å². The highest BCUT2D eigenvalue weighted by Crippen LogP contribution is 2.07. The molecule has 0 amide bonds. The Morgan fingerprint density at radius 2 is 0.929 bits per heavy atom. The fraction of sp³-hybridized carbons (Fsp3) is 1.00. The Bertz CT molecular complexity index is 304. The average molecular weight is 435 g/mol. The van der Waals surface area contributed by atoms with Crippen LogP contribution in [0.25, 0.3) is 0 Å². The van der Waals surface area contributed by atoms with Crippen molar-refractivity contribution >= 4 is 19.0 Å². The second kappa shape index (κ2) is 18.0. The Hall–Kier alpha value is 0.194. The fourth-order valence-corrected chi connectivity index (χ4v) is 7.00. The molecule has 0 bridgehead atoms. The van der Waals surface area contributed by atoms with E-state index in [1.807, 2.05) is 0 Å². The van der Waals surface area contributed by atoms with Gasteiger partial charge in [0.05, 0.1) is 19.0 Å². The molecule has 0 aliphatic carbocycles. The van der Waals surface area contributed by atoms with Gasteiger partial charge in [-0.15, -0.1) is 0 Å². The molecule has 0 N–H and O–H groups in total. The molecule has 0 aromatic heterocycles. The van der Waals surface area contributed by atoms with Crippen LogP contribution >= 0.6 is 0 Å². The van der Waals surface area contributed by atoms with E-state index in [0.29, 0.717) is 0 Å². The van der Waals surface area contributed by atoms with Gasteiger partial charge in [-0.25, -0.2) is 0 Å². The number of rotatable bonds is 18. The van der Waals surface area contributed by atoms with Crippen molar-refractivity contribution in [2.24, 2.45) is 0 Å². The van der Waals surface area contributed by atoms with Gasteiger partial charge >= 0.3 is 0 Å². The van der Waals surface area contributed by atoms with Crippen LogP contribution in [0.3, 0.4) is 0 Å². The van der Waals surface area contributed by atoms with Gasteiger partial charge in [0.1, 0.15) is 11.8 Å². The third-order valence-electron chi connectivity index (χ3n) is 5.20. The fourth-order valence-electron chi connectivity index (χ4n) is 3.70. The molecule has 0 radical (unpaired) electrons. The quantitative estimate of drug-likeness (QED) is 0.184. The van der Waals surface area contributed by atoms with Crippen molar-refractivity contribution in [1.29, 1.82) is 0 Å². The van der Waals surface area contributed by atoms with Gasteiger partial charge in [-0.3, -0.25) is 0 Å². The molecule has 0 spiro atoms. The van der Waals surface area contributed by atoms with E-state index in [2.05, 4.69) is 37.5 Å². The van der Waals surface area contributed by atoms with E-state index in [1.165, 1.54) is 64.2 Å². The van der Waals surface area contributed by atoms with Gasteiger partial charge < -0.3 is 28.7 Å². The lowest BCUT2D eigenvalue weighted by molar-refractivity contribution is -0.0830. The zero-order valence-electron chi connectivity index (χ0n) is 19.0. The lowest BCUT2D eigenvalue weighted by Gasteiger charge is -2.34. The number of hydrogen-bond donors (Lipinski definition) is 0. The maximum absolute atomic E-state index is 5.68. The summed E-state index contributed by atoms with van der Waals surface area (Å²) in [7, 11) is -0.561. The first-order valence-corrected chi connectivity index (χ1v) is 15.3. The highest BCUT2D eigenvalue weighted by atomic mass is 28.2. The summed E-state index contributed by atoms with van der Waals surface area (Å²) in [5, 5.41) is 0. The maximum Gasteiger partial charge on any atom is 0.134 e. The molecule has 8 heteroatoms. The molecular formula is C20H46N2O4Si2. The molecule has 0 aromatic rings. The van der Waals surface area contributed by atoms with Crippen molar-refractivity contribution in [3.63, 3.8) is 0 Å². The van der Waals surface area contributed by atoms with Crippen LogP contribution < -0.4 is 0 Å². The summed E-state index contributed by atoms with van der Waals surface area (Å²) in [5.41, 5.74) is 0. The van der Waals surface area contributed by atoms with E-state index in [1.54, 1.807) is 0 Å². The van der Waals surface area contributed by atoms with Crippen molar-refractivity contribution in [3.05, 3.63) is 0 Å². The Labute approximate surface area is 178 Å². The highest BCUT2D eigenvalue weighted by Gasteiger charge is 2.17. The number of nitrogens with zero attached hydrogens (tertiary/aromatic N) is 2. The number of ether oxygens (including phenoxy) is 4. The Morgan fingerprint density at radius 3 is 1.21 bits per heavy atom. The SMILES string of the molecule is CCOC(OCC)[SiH2]CCCN1CCN(CCC[SiH2]C(OCC)OCC)CC1. The Kier molecular flexibility index (Phi) is 16.9. The second-order valence-corrected chi connectivity index (χ2v) is 11.3. The van der Waals surface area contributed by atoms with E-state index in [-0.39, 0.29) is 30.9 Å². The van der Waals surface area contributed by atoms with E-state index < -0.39 is 0 Å². The topological polar surface area (TPSA) is 43.4 Å². The third-order valence-corrected chi connectivity index (χ3v) is 8.91. The van der Waals surface area contributed by atoms with E-state index in [9.17, 15) is 0 Å². The van der Waals surface area contributed by atoms with Crippen molar-refractivity contribution in [2.75, 3.05) is 65.7 Å². The highest BCUT2D eigenvalue weighted by molar-refractivity contribution is 6.36. The van der Waals surface area contributed by atoms with E-state index >= 15 is 0 Å². The second-order valence-electron chi connectivity index (χ2n) is 7.36. The van der Waals surface area contributed by atoms with Gasteiger partial charge in [0.2, 0.25) is 0 Å². The maximum atomic E-state index is 5.68. The molecule has 1 heterocycles. The molecule has 0 atom stereocenters. The molecule has 0 aromatic carbocycles. The summed E-state index contributed by atoms with van der Waals surface area (Å²) < 4.78 is 22.7. The largest absolute Gasteiger partial charge is 0.357 e. The first-order valence-electron chi connectivity index (χ1n) is 11.6. The van der Waals surface area contributed by atoms with Crippen LogP contribution in [-0.2, 0) is 18.9 Å². The monoisotopic (exact) mass is 434 g/mol. The molecule has 1 saturated heterocycles. The van der Waals surface area contributed by atoms with E-state index in [0.717, 1.165) is 26.4 Å². The first kappa shape index (κ1) is 26.2. The van der Waals surface area contributed by atoms with Crippen LogP contribution in [0, 0.1) is 0 Å². The zero-order chi connectivity index (χ0) is 20.5. The number of piperazine rings is 1. The predicted molar refractivity (Wildman–Crippen MR) is 123 cm³/mol. The molecule has 168 valence electrons. The molecule has 0 saturated carbocycles. The van der Waals surface area contributed by atoms with Gasteiger partial charge in [0.15, 0.2) is 0 Å². The van der Waals surface area contributed by atoms with Crippen LogP contribution in [0.1, 0.15) is 40.5 Å². The van der Waals surface area contributed by atoms with Crippen molar-refractivity contribution in [1.82, 2.24) is 9.80 Å². The van der Waals surface area contributed by atoms with E-state index in [4.69, 9.17) is 18.9 Å². The standard InChI is InChI=1S/C20H46N2O4Si2/c1-5-23-19(24-6-2)27-17-9-11-21-13-15-22(16-14-21)12-10-18-28-20(25-7-3)26-8-4/h19-20H,5-18,27-28H2,1-4H3. The molecule has 1 rings (SSSR count). The van der Waals surface area contributed by atoms with Crippen LogP contribution in [-0.4, -0.2) is 106 Å². The summed E-state index contributed by atoms with van der Waals surface area (Å²) in [6.07, 6.45) is 2.59. The molecule has 1 aliphatic heterocycles. The Morgan fingerprint density at radius 1 is 0.607 bits per heavy atom. The van der Waals surface area contributed by atoms with Gasteiger partial charge in [0, 0.05) is 52.6 Å². The molecule has 6 nitrogen and oxygen atoms in total. The predicted octanol–water partition coefficient (Wildman–Crippen LogP) is 1.27. The lowest BCUT2D eigenvalue weighted by atomic mass is 10.3. The lowest BCUT2D eigenvalue weighted by Crippen LogP contribution is -2.46. The minimum absolute atomic E-state index is 0.125. The van der Waals surface area contributed by atoms with Crippen LogP contribution in [0.4, 0.5) is 0 Å². The summed E-state index contributed by atoms with van der Waals surface area (Å²) in [6, 6.07) is 2.63. The van der Waals surface area contributed by atoms with Crippen molar-refractivity contribution in [2.45, 2.75) is 64.5 Å². The molecule has 0 unspecified atom stereocenters. The molecule has 1 aliphatic rings. The van der Waals surface area contributed by atoms with Gasteiger partial charge in [-0.1, -0.05) is 12.1 Å². The summed E-state index contributed by atoms with van der Waals surface area (Å²) >= 11 is 0. The van der Waals surface area contributed by atoms with Gasteiger partial charge in [0.25, 0.3) is 0 Å². The van der Waals surface area contributed by atoms with Crippen LogP contribution in [0.2, 0.25) is 12.1 Å². The number of hydrogen-bond acceptors (Lipinski definition) is 6. The molecular weight excluding hydrogens is 388 g/mol. The van der Waals surface area contributed by atoms with Crippen LogP contribution in [0.15, 0.2) is 0 Å². The minimum atomic E-state index is -0.281. The third kappa shape index (κ3) is 12.7. The summed E-state index contributed by atoms with van der Waals surface area (Å²) in [5.74, 6) is 0.251. The zero-order valence-corrected chi connectivity index (χ0v) is 21.8.